The molecule has 180 valence electrons. The Hall–Kier alpha value is -2.23. The molecule has 3 fully saturated rings. The highest BCUT2D eigenvalue weighted by atomic mass is 19.1. The molecule has 2 aromatic rings. The van der Waals surface area contributed by atoms with E-state index in [0.717, 1.165) is 69.3 Å². The van der Waals surface area contributed by atoms with E-state index in [4.69, 9.17) is 0 Å². The fourth-order valence-corrected chi connectivity index (χ4v) is 6.09. The normalized spacial score (nSPS) is 27.1. The smallest absolute Gasteiger partial charge is 0.127 e. The molecule has 3 atom stereocenters. The third-order valence-electron chi connectivity index (χ3n) is 7.97. The third-order valence-corrected chi connectivity index (χ3v) is 7.97. The second-order valence-corrected chi connectivity index (χ2v) is 10.2. The molecule has 2 N–H and O–H groups in total. The first-order chi connectivity index (χ1) is 16.6. The summed E-state index contributed by atoms with van der Waals surface area (Å²) < 4.78 is 14.3. The predicted octanol–water partition coefficient (Wildman–Crippen LogP) is 3.91. The van der Waals surface area contributed by atoms with Gasteiger partial charge in [-0.25, -0.2) is 4.39 Å². The molecule has 1 saturated carbocycles. The Kier molecular flexibility index (Phi) is 7.04. The molecule has 2 aliphatic heterocycles. The minimum Gasteiger partial charge on any atom is -0.395 e. The maximum Gasteiger partial charge on any atom is 0.127 e. The minimum absolute atomic E-state index is 0.120. The number of nitrogens with zero attached hydrogens (tertiary/aromatic N) is 2. The van der Waals surface area contributed by atoms with E-state index in [0.29, 0.717) is 12.6 Å². The molecule has 2 heterocycles. The fourth-order valence-electron chi connectivity index (χ4n) is 6.09. The zero-order chi connectivity index (χ0) is 23.5. The SMILES string of the molecule is OC[C@@H]1[C@@H](c2ccc(C#CC3(O)CCCC3)cc2)[C@H]2CN(Cc3ccccc3F)CCCCN12. The van der Waals surface area contributed by atoms with Crippen LogP contribution in [0.4, 0.5) is 4.39 Å². The summed E-state index contributed by atoms with van der Waals surface area (Å²) in [5.41, 5.74) is 2.06. The van der Waals surface area contributed by atoms with Gasteiger partial charge in [-0.15, -0.1) is 0 Å². The highest BCUT2D eigenvalue weighted by molar-refractivity contribution is 5.40. The van der Waals surface area contributed by atoms with Gasteiger partial charge in [-0.1, -0.05) is 42.2 Å². The van der Waals surface area contributed by atoms with Crippen LogP contribution in [0.2, 0.25) is 0 Å². The maximum atomic E-state index is 14.3. The molecule has 34 heavy (non-hydrogen) atoms. The summed E-state index contributed by atoms with van der Waals surface area (Å²) in [7, 11) is 0. The molecule has 0 aromatic heterocycles. The first-order valence-electron chi connectivity index (χ1n) is 12.7. The van der Waals surface area contributed by atoms with Crippen LogP contribution >= 0.6 is 0 Å². The topological polar surface area (TPSA) is 46.9 Å². The van der Waals surface area contributed by atoms with Crippen LogP contribution in [0.5, 0.6) is 0 Å². The fraction of sp³-hybridized carbons (Fsp3) is 0.517. The number of aliphatic hydroxyl groups is 2. The van der Waals surface area contributed by atoms with Gasteiger partial charge < -0.3 is 10.2 Å². The molecule has 0 amide bonds. The molecule has 2 aromatic carbocycles. The largest absolute Gasteiger partial charge is 0.395 e. The molecule has 0 spiro atoms. The third kappa shape index (κ3) is 4.92. The van der Waals surface area contributed by atoms with Crippen LogP contribution in [0.3, 0.4) is 0 Å². The van der Waals surface area contributed by atoms with Gasteiger partial charge in [-0.3, -0.25) is 9.80 Å². The lowest BCUT2D eigenvalue weighted by Crippen LogP contribution is -2.67. The monoisotopic (exact) mass is 462 g/mol. The average molecular weight is 463 g/mol. The zero-order valence-electron chi connectivity index (χ0n) is 19.8. The summed E-state index contributed by atoms with van der Waals surface area (Å²) in [4.78, 5) is 4.82. The number of halogens is 1. The highest BCUT2D eigenvalue weighted by Crippen LogP contribution is 2.42. The van der Waals surface area contributed by atoms with E-state index in [2.05, 4.69) is 33.8 Å². The number of rotatable bonds is 4. The van der Waals surface area contributed by atoms with Crippen LogP contribution in [0.1, 0.15) is 61.1 Å². The Morgan fingerprint density at radius 1 is 0.971 bits per heavy atom. The molecule has 5 rings (SSSR count). The Balaban J connectivity index is 1.32. The van der Waals surface area contributed by atoms with Gasteiger partial charge in [0.25, 0.3) is 0 Å². The van der Waals surface area contributed by atoms with Crippen molar-refractivity contribution >= 4 is 0 Å². The van der Waals surface area contributed by atoms with Crippen molar-refractivity contribution in [3.63, 3.8) is 0 Å². The molecular formula is C29H35FN2O2. The van der Waals surface area contributed by atoms with Crippen LogP contribution in [-0.2, 0) is 6.54 Å². The van der Waals surface area contributed by atoms with Crippen LogP contribution in [0.25, 0.3) is 0 Å². The first kappa shape index (κ1) is 23.5. The summed E-state index contributed by atoms with van der Waals surface area (Å²) in [6.07, 6.45) is 5.78. The Labute approximate surface area is 202 Å². The highest BCUT2D eigenvalue weighted by Gasteiger charge is 2.49. The van der Waals surface area contributed by atoms with E-state index in [1.54, 1.807) is 6.07 Å². The van der Waals surface area contributed by atoms with Crippen molar-refractivity contribution in [1.82, 2.24) is 9.80 Å². The predicted molar refractivity (Wildman–Crippen MR) is 132 cm³/mol. The van der Waals surface area contributed by atoms with E-state index >= 15 is 0 Å². The van der Waals surface area contributed by atoms with E-state index in [1.807, 2.05) is 24.3 Å². The molecule has 2 saturated heterocycles. The van der Waals surface area contributed by atoms with Gasteiger partial charge in [0.15, 0.2) is 0 Å². The number of fused-ring (bicyclic) bond motifs is 1. The molecular weight excluding hydrogens is 427 g/mol. The number of aliphatic hydroxyl groups excluding tert-OH is 1. The van der Waals surface area contributed by atoms with Crippen molar-refractivity contribution in [2.75, 3.05) is 26.2 Å². The quantitative estimate of drug-likeness (QED) is 0.677. The summed E-state index contributed by atoms with van der Waals surface area (Å²) >= 11 is 0. The second-order valence-electron chi connectivity index (χ2n) is 10.2. The van der Waals surface area contributed by atoms with Crippen LogP contribution in [0, 0.1) is 17.7 Å². The van der Waals surface area contributed by atoms with Crippen molar-refractivity contribution in [3.8, 4) is 11.8 Å². The molecule has 5 heteroatoms. The molecule has 1 aliphatic carbocycles. The van der Waals surface area contributed by atoms with Gasteiger partial charge in [0, 0.05) is 42.2 Å². The zero-order valence-corrected chi connectivity index (χ0v) is 19.8. The van der Waals surface area contributed by atoms with E-state index in [1.165, 1.54) is 11.6 Å². The lowest BCUT2D eigenvalue weighted by molar-refractivity contribution is -0.0656. The van der Waals surface area contributed by atoms with E-state index < -0.39 is 5.60 Å². The average Bonchev–Trinajstić information content (AvgIpc) is 3.27. The molecule has 4 nitrogen and oxygen atoms in total. The number of hydrogen-bond donors (Lipinski definition) is 2. The van der Waals surface area contributed by atoms with Crippen LogP contribution in [-0.4, -0.2) is 63.9 Å². The Bertz CT molecular complexity index is 1040. The lowest BCUT2D eigenvalue weighted by atomic mass is 9.74. The molecule has 0 radical (unpaired) electrons. The van der Waals surface area contributed by atoms with Crippen LogP contribution in [0.15, 0.2) is 48.5 Å². The Morgan fingerprint density at radius 2 is 1.71 bits per heavy atom. The molecule has 0 bridgehead atoms. The lowest BCUT2D eigenvalue weighted by Gasteiger charge is -2.57. The van der Waals surface area contributed by atoms with E-state index in [9.17, 15) is 14.6 Å². The Morgan fingerprint density at radius 3 is 2.44 bits per heavy atom. The van der Waals surface area contributed by atoms with Gasteiger partial charge >= 0.3 is 0 Å². The van der Waals surface area contributed by atoms with Crippen molar-refractivity contribution < 1.29 is 14.6 Å². The van der Waals surface area contributed by atoms with E-state index in [-0.39, 0.29) is 24.4 Å². The van der Waals surface area contributed by atoms with Crippen molar-refractivity contribution in [2.24, 2.45) is 0 Å². The van der Waals surface area contributed by atoms with Gasteiger partial charge in [-0.05, 0) is 75.4 Å². The summed E-state index contributed by atoms with van der Waals surface area (Å²) in [6.45, 7) is 3.59. The van der Waals surface area contributed by atoms with Crippen molar-refractivity contribution in [1.29, 1.82) is 0 Å². The number of hydrogen-bond acceptors (Lipinski definition) is 4. The van der Waals surface area contributed by atoms with Gasteiger partial charge in [0.1, 0.15) is 11.4 Å². The summed E-state index contributed by atoms with van der Waals surface area (Å²) in [6, 6.07) is 15.8. The maximum absolute atomic E-state index is 14.3. The first-order valence-corrected chi connectivity index (χ1v) is 12.7. The van der Waals surface area contributed by atoms with Gasteiger partial charge in [0.05, 0.1) is 6.61 Å². The number of benzene rings is 2. The van der Waals surface area contributed by atoms with Crippen molar-refractivity contribution in [2.45, 2.75) is 68.7 Å². The van der Waals surface area contributed by atoms with Gasteiger partial charge in [-0.2, -0.15) is 0 Å². The molecule has 0 unspecified atom stereocenters. The standard InChI is InChI=1S/C29H35FN2O2/c30-25-8-2-1-7-24(25)19-31-17-5-6-18-32-26(20-31)28(27(32)21-33)23-11-9-22(10-12-23)13-16-29(34)14-3-4-15-29/h1-2,7-12,26-28,33-34H,3-6,14-15,17-21H2/t26-,27-,28+/m1/s1. The summed E-state index contributed by atoms with van der Waals surface area (Å²) in [5, 5.41) is 20.7. The summed E-state index contributed by atoms with van der Waals surface area (Å²) in [5.74, 6) is 6.35. The second kappa shape index (κ2) is 10.2. The van der Waals surface area contributed by atoms with Crippen LogP contribution < -0.4 is 0 Å². The minimum atomic E-state index is -0.824. The van der Waals surface area contributed by atoms with Gasteiger partial charge in [0.2, 0.25) is 0 Å². The van der Waals surface area contributed by atoms with Crippen molar-refractivity contribution in [3.05, 3.63) is 71.0 Å². The molecule has 3 aliphatic rings.